The molecule has 1 aromatic carbocycles. The van der Waals surface area contributed by atoms with Crippen LogP contribution < -0.4 is 4.74 Å². The molecule has 0 bridgehead atoms. The molecule has 7 heteroatoms. The van der Waals surface area contributed by atoms with Crippen LogP contribution in [0.1, 0.15) is 10.4 Å². The Morgan fingerprint density at radius 3 is 2.53 bits per heavy atom. The third-order valence-corrected chi connectivity index (χ3v) is 2.19. The fraction of sp³-hybridized carbons (Fsp3) is 0. The molecular weight excluding hydrogens is 263 g/mol. The molecule has 0 radical (unpaired) electrons. The summed E-state index contributed by atoms with van der Waals surface area (Å²) in [7, 11) is 0. The topological polar surface area (TPSA) is 59.4 Å². The molecule has 0 aliphatic carbocycles. The van der Waals surface area contributed by atoms with Crippen LogP contribution in [-0.2, 0) is 0 Å². The molecule has 4 nitrogen and oxygen atoms in total. The predicted octanol–water partition coefficient (Wildman–Crippen LogP) is 2.99. The van der Waals surface area contributed by atoms with Crippen molar-refractivity contribution in [1.29, 1.82) is 0 Å². The number of hydrogen-bond donors (Lipinski definition) is 1. The summed E-state index contributed by atoms with van der Waals surface area (Å²) in [6.45, 7) is 0. The van der Waals surface area contributed by atoms with Gasteiger partial charge >= 0.3 is 5.97 Å². The first-order chi connectivity index (χ1) is 8.99. The van der Waals surface area contributed by atoms with Gasteiger partial charge in [0.05, 0.1) is 0 Å². The van der Waals surface area contributed by atoms with Crippen molar-refractivity contribution in [1.82, 2.24) is 4.98 Å². The number of carboxylic acid groups (broad SMARTS) is 1. The monoisotopic (exact) mass is 269 g/mol. The average molecular weight is 269 g/mol. The number of aromatic nitrogens is 1. The van der Waals surface area contributed by atoms with Gasteiger partial charge in [-0.2, -0.15) is 0 Å². The second-order valence-electron chi connectivity index (χ2n) is 3.46. The van der Waals surface area contributed by atoms with E-state index in [4.69, 9.17) is 9.84 Å². The minimum Gasteiger partial charge on any atom is -0.478 e. The van der Waals surface area contributed by atoms with Gasteiger partial charge in [0.25, 0.3) is 5.88 Å². The lowest BCUT2D eigenvalue weighted by Gasteiger charge is -2.07. The molecule has 98 valence electrons. The van der Waals surface area contributed by atoms with Crippen LogP contribution in [0, 0.1) is 17.5 Å². The lowest BCUT2D eigenvalue weighted by Crippen LogP contribution is -2.03. The number of carboxylic acids is 1. The van der Waals surface area contributed by atoms with E-state index in [0.717, 1.165) is 24.4 Å². The highest BCUT2D eigenvalue weighted by Crippen LogP contribution is 2.25. The van der Waals surface area contributed by atoms with Crippen molar-refractivity contribution in [3.05, 3.63) is 53.5 Å². The van der Waals surface area contributed by atoms with Crippen molar-refractivity contribution in [3.8, 4) is 11.6 Å². The minimum atomic E-state index is -1.49. The maximum atomic E-state index is 13.7. The van der Waals surface area contributed by atoms with Gasteiger partial charge in [0.1, 0.15) is 11.3 Å². The van der Waals surface area contributed by atoms with Gasteiger partial charge in [-0.15, -0.1) is 0 Å². The quantitative estimate of drug-likeness (QED) is 0.930. The third-order valence-electron chi connectivity index (χ3n) is 2.19. The molecule has 0 saturated carbocycles. The van der Waals surface area contributed by atoms with Crippen LogP contribution in [0.3, 0.4) is 0 Å². The van der Waals surface area contributed by atoms with Crippen LogP contribution in [0.2, 0.25) is 0 Å². The Labute approximate surface area is 105 Å². The van der Waals surface area contributed by atoms with Gasteiger partial charge in [-0.1, -0.05) is 0 Å². The van der Waals surface area contributed by atoms with Gasteiger partial charge in [0.15, 0.2) is 17.5 Å². The summed E-state index contributed by atoms with van der Waals surface area (Å²) in [5.74, 6) is -5.78. The van der Waals surface area contributed by atoms with Gasteiger partial charge in [-0.3, -0.25) is 0 Å². The van der Waals surface area contributed by atoms with Crippen molar-refractivity contribution in [2.24, 2.45) is 0 Å². The summed E-state index contributed by atoms with van der Waals surface area (Å²) >= 11 is 0. The molecule has 0 spiro atoms. The Kier molecular flexibility index (Phi) is 3.37. The smallest absolute Gasteiger partial charge is 0.338 e. The highest BCUT2D eigenvalue weighted by atomic mass is 19.2. The van der Waals surface area contributed by atoms with E-state index >= 15 is 0 Å². The third kappa shape index (κ3) is 2.65. The molecule has 0 unspecified atom stereocenters. The molecule has 1 N–H and O–H groups in total. The zero-order valence-corrected chi connectivity index (χ0v) is 9.23. The number of ether oxygens (including phenoxy) is 1. The van der Waals surface area contributed by atoms with Crippen molar-refractivity contribution in [2.75, 3.05) is 0 Å². The Bertz CT molecular complexity index is 646. The highest BCUT2D eigenvalue weighted by Gasteiger charge is 2.17. The minimum absolute atomic E-state index is 0.201. The number of rotatable bonds is 3. The van der Waals surface area contributed by atoms with Crippen LogP contribution in [-0.4, -0.2) is 16.1 Å². The van der Waals surface area contributed by atoms with Crippen LogP contribution in [0.15, 0.2) is 30.5 Å². The molecule has 2 rings (SSSR count). The normalized spacial score (nSPS) is 10.3. The number of nitrogens with zero attached hydrogens (tertiary/aromatic N) is 1. The van der Waals surface area contributed by atoms with E-state index in [1.807, 2.05) is 0 Å². The Morgan fingerprint density at radius 2 is 1.89 bits per heavy atom. The number of aromatic carboxylic acids is 1. The largest absolute Gasteiger partial charge is 0.478 e. The van der Waals surface area contributed by atoms with E-state index in [1.54, 1.807) is 0 Å². The molecule has 0 atom stereocenters. The molecule has 0 fully saturated rings. The van der Waals surface area contributed by atoms with Crippen molar-refractivity contribution in [2.45, 2.75) is 0 Å². The van der Waals surface area contributed by atoms with Crippen LogP contribution in [0.5, 0.6) is 11.6 Å². The zero-order chi connectivity index (χ0) is 14.0. The summed E-state index contributed by atoms with van der Waals surface area (Å²) in [5.41, 5.74) is -0.632. The summed E-state index contributed by atoms with van der Waals surface area (Å²) < 4.78 is 44.1. The Hall–Kier alpha value is -2.57. The molecular formula is C12H6F3NO3. The summed E-state index contributed by atoms with van der Waals surface area (Å²) in [4.78, 5) is 14.2. The van der Waals surface area contributed by atoms with E-state index in [2.05, 4.69) is 4.98 Å². The lowest BCUT2D eigenvalue weighted by atomic mass is 10.2. The SMILES string of the molecule is O=C(O)c1ccnc(Oc2ccc(F)c(F)c2)c1F. The zero-order valence-electron chi connectivity index (χ0n) is 9.23. The highest BCUT2D eigenvalue weighted by molar-refractivity contribution is 5.88. The Balaban J connectivity index is 2.35. The number of carbonyl (C=O) groups is 1. The van der Waals surface area contributed by atoms with Crippen LogP contribution in [0.25, 0.3) is 0 Å². The van der Waals surface area contributed by atoms with Crippen LogP contribution >= 0.6 is 0 Å². The number of benzene rings is 1. The predicted molar refractivity (Wildman–Crippen MR) is 57.6 cm³/mol. The molecule has 2 aromatic rings. The first-order valence-corrected chi connectivity index (χ1v) is 4.99. The fourth-order valence-corrected chi connectivity index (χ4v) is 1.31. The number of pyridine rings is 1. The summed E-state index contributed by atoms with van der Waals surface area (Å²) in [6, 6.07) is 3.51. The first-order valence-electron chi connectivity index (χ1n) is 4.99. The van der Waals surface area contributed by atoms with Crippen molar-refractivity contribution in [3.63, 3.8) is 0 Å². The second-order valence-corrected chi connectivity index (χ2v) is 3.46. The van der Waals surface area contributed by atoms with E-state index < -0.39 is 34.9 Å². The van der Waals surface area contributed by atoms with Crippen molar-refractivity contribution >= 4 is 5.97 Å². The second kappa shape index (κ2) is 4.97. The maximum absolute atomic E-state index is 13.7. The maximum Gasteiger partial charge on any atom is 0.338 e. The molecule has 19 heavy (non-hydrogen) atoms. The van der Waals surface area contributed by atoms with Gasteiger partial charge in [-0.25, -0.2) is 22.9 Å². The van der Waals surface area contributed by atoms with Gasteiger partial charge in [0, 0.05) is 12.3 Å². The molecule has 0 aliphatic heterocycles. The molecule has 0 saturated heterocycles. The van der Waals surface area contributed by atoms with Gasteiger partial charge in [-0.05, 0) is 18.2 Å². The Morgan fingerprint density at radius 1 is 1.16 bits per heavy atom. The van der Waals surface area contributed by atoms with E-state index in [9.17, 15) is 18.0 Å². The average Bonchev–Trinajstić information content (AvgIpc) is 2.36. The summed E-state index contributed by atoms with van der Waals surface area (Å²) in [5, 5.41) is 8.70. The van der Waals surface area contributed by atoms with Gasteiger partial charge < -0.3 is 9.84 Å². The fourth-order valence-electron chi connectivity index (χ4n) is 1.31. The number of hydrogen-bond acceptors (Lipinski definition) is 3. The lowest BCUT2D eigenvalue weighted by molar-refractivity contribution is 0.0690. The molecule has 0 aliphatic rings. The standard InChI is InChI=1S/C12H6F3NO3/c13-8-2-1-6(5-9(8)14)19-11-10(15)7(12(17)18)3-4-16-11/h1-5H,(H,17,18). The van der Waals surface area contributed by atoms with E-state index in [1.165, 1.54) is 0 Å². The molecule has 1 heterocycles. The van der Waals surface area contributed by atoms with Gasteiger partial charge in [0.2, 0.25) is 0 Å². The molecule has 1 aromatic heterocycles. The number of halogens is 3. The van der Waals surface area contributed by atoms with Crippen molar-refractivity contribution < 1.29 is 27.8 Å². The van der Waals surface area contributed by atoms with E-state index in [-0.39, 0.29) is 5.75 Å². The first kappa shape index (κ1) is 12.9. The van der Waals surface area contributed by atoms with E-state index in [0.29, 0.717) is 6.07 Å². The molecule has 0 amide bonds. The van der Waals surface area contributed by atoms with Crippen LogP contribution in [0.4, 0.5) is 13.2 Å². The summed E-state index contributed by atoms with van der Waals surface area (Å²) in [6.07, 6.45) is 1.03.